The van der Waals surface area contributed by atoms with E-state index in [1.54, 1.807) is 11.9 Å². The number of hydrogen-bond acceptors (Lipinski definition) is 6. The molecule has 1 aliphatic rings. The predicted octanol–water partition coefficient (Wildman–Crippen LogP) is 1.62. The summed E-state index contributed by atoms with van der Waals surface area (Å²) in [6, 6.07) is 7.70. The number of aryl methyl sites for hydroxylation is 2. The van der Waals surface area contributed by atoms with Crippen LogP contribution in [0.5, 0.6) is 0 Å². The molecule has 0 saturated carbocycles. The van der Waals surface area contributed by atoms with Crippen molar-refractivity contribution in [2.45, 2.75) is 31.5 Å². The molecule has 0 bridgehead atoms. The monoisotopic (exact) mass is 394 g/mol. The zero-order valence-corrected chi connectivity index (χ0v) is 16.7. The van der Waals surface area contributed by atoms with E-state index in [4.69, 9.17) is 0 Å². The summed E-state index contributed by atoms with van der Waals surface area (Å²) < 4.78 is 25.2. The SMILES string of the molecule is Cc1ccccc1-n1c(C)nnc1SCC(=O)N(C)[C@@H]1CCS(=O)(=O)C1. The number of sulfone groups is 1. The van der Waals surface area contributed by atoms with E-state index >= 15 is 0 Å². The summed E-state index contributed by atoms with van der Waals surface area (Å²) >= 11 is 1.32. The van der Waals surface area contributed by atoms with Crippen LogP contribution in [-0.4, -0.2) is 64.3 Å². The molecule has 2 aromatic rings. The van der Waals surface area contributed by atoms with Crippen LogP contribution in [-0.2, 0) is 14.6 Å². The lowest BCUT2D eigenvalue weighted by Gasteiger charge is -2.23. The molecule has 1 saturated heterocycles. The van der Waals surface area contributed by atoms with Crippen LogP contribution in [0.1, 0.15) is 17.8 Å². The largest absolute Gasteiger partial charge is 0.341 e. The Morgan fingerprint density at radius 1 is 1.31 bits per heavy atom. The molecule has 0 unspecified atom stereocenters. The number of nitrogens with zero attached hydrogens (tertiary/aromatic N) is 4. The molecule has 0 radical (unpaired) electrons. The number of hydrogen-bond donors (Lipinski definition) is 0. The van der Waals surface area contributed by atoms with E-state index in [9.17, 15) is 13.2 Å². The normalized spacial score (nSPS) is 18.8. The Bertz CT molecular complexity index is 924. The lowest BCUT2D eigenvalue weighted by atomic mass is 10.2. The van der Waals surface area contributed by atoms with E-state index in [1.165, 1.54) is 11.8 Å². The third-order valence-electron chi connectivity index (χ3n) is 4.63. The molecule has 3 rings (SSSR count). The first kappa shape index (κ1) is 18.9. The zero-order valence-electron chi connectivity index (χ0n) is 15.0. The van der Waals surface area contributed by atoms with Gasteiger partial charge in [0.2, 0.25) is 5.91 Å². The van der Waals surface area contributed by atoms with Gasteiger partial charge in [-0.2, -0.15) is 0 Å². The van der Waals surface area contributed by atoms with Crippen LogP contribution in [0.25, 0.3) is 5.69 Å². The molecule has 1 amide bonds. The molecule has 9 heteroatoms. The minimum Gasteiger partial charge on any atom is -0.341 e. The molecule has 26 heavy (non-hydrogen) atoms. The third kappa shape index (κ3) is 3.93. The Labute approximate surface area is 157 Å². The maximum atomic E-state index is 12.5. The Morgan fingerprint density at radius 3 is 2.69 bits per heavy atom. The van der Waals surface area contributed by atoms with Crippen LogP contribution in [0.3, 0.4) is 0 Å². The van der Waals surface area contributed by atoms with Crippen molar-refractivity contribution >= 4 is 27.5 Å². The molecule has 1 atom stereocenters. The first-order chi connectivity index (χ1) is 12.3. The summed E-state index contributed by atoms with van der Waals surface area (Å²) in [4.78, 5) is 14.0. The lowest BCUT2D eigenvalue weighted by Crippen LogP contribution is -2.38. The minimum atomic E-state index is -3.01. The number of aromatic nitrogens is 3. The fourth-order valence-corrected chi connectivity index (χ4v) is 5.73. The second kappa shape index (κ2) is 7.40. The van der Waals surface area contributed by atoms with E-state index in [0.717, 1.165) is 17.1 Å². The zero-order chi connectivity index (χ0) is 18.9. The number of carbonyl (C=O) groups excluding carboxylic acids is 1. The van der Waals surface area contributed by atoms with Crippen LogP contribution < -0.4 is 0 Å². The number of para-hydroxylation sites is 1. The highest BCUT2D eigenvalue weighted by Gasteiger charge is 2.32. The number of carbonyl (C=O) groups is 1. The Hall–Kier alpha value is -1.87. The highest BCUT2D eigenvalue weighted by atomic mass is 32.2. The van der Waals surface area contributed by atoms with Gasteiger partial charge in [0, 0.05) is 13.1 Å². The van der Waals surface area contributed by atoms with Gasteiger partial charge in [-0.05, 0) is 31.9 Å². The highest BCUT2D eigenvalue weighted by Crippen LogP contribution is 2.25. The Balaban J connectivity index is 1.71. The molecule has 1 aliphatic heterocycles. The quantitative estimate of drug-likeness (QED) is 0.717. The average Bonchev–Trinajstić information content (AvgIpc) is 3.14. The van der Waals surface area contributed by atoms with Crippen molar-refractivity contribution in [2.75, 3.05) is 24.3 Å². The van der Waals surface area contributed by atoms with Gasteiger partial charge in [-0.1, -0.05) is 30.0 Å². The summed E-state index contributed by atoms with van der Waals surface area (Å²) in [6.07, 6.45) is 0.508. The minimum absolute atomic E-state index is 0.0540. The number of amides is 1. The maximum absolute atomic E-state index is 12.5. The predicted molar refractivity (Wildman–Crippen MR) is 101 cm³/mol. The summed E-state index contributed by atoms with van der Waals surface area (Å²) in [5.74, 6) is 1.05. The second-order valence-corrected chi connectivity index (χ2v) is 9.67. The molecule has 1 fully saturated rings. The van der Waals surface area contributed by atoms with Gasteiger partial charge in [0.25, 0.3) is 0 Å². The Morgan fingerprint density at radius 2 is 2.04 bits per heavy atom. The van der Waals surface area contributed by atoms with Gasteiger partial charge in [0.1, 0.15) is 5.82 Å². The van der Waals surface area contributed by atoms with Crippen LogP contribution in [0.2, 0.25) is 0 Å². The van der Waals surface area contributed by atoms with Crippen molar-refractivity contribution in [1.29, 1.82) is 0 Å². The molecule has 1 aromatic carbocycles. The maximum Gasteiger partial charge on any atom is 0.233 e. The molecule has 7 nitrogen and oxygen atoms in total. The molecule has 0 spiro atoms. The molecule has 140 valence electrons. The van der Waals surface area contributed by atoms with Gasteiger partial charge in [-0.25, -0.2) is 8.42 Å². The molecular weight excluding hydrogens is 372 g/mol. The molecule has 1 aromatic heterocycles. The third-order valence-corrected chi connectivity index (χ3v) is 7.29. The highest BCUT2D eigenvalue weighted by molar-refractivity contribution is 7.99. The van der Waals surface area contributed by atoms with E-state index in [-0.39, 0.29) is 29.2 Å². The second-order valence-electron chi connectivity index (χ2n) is 6.50. The van der Waals surface area contributed by atoms with Crippen molar-refractivity contribution in [3.63, 3.8) is 0 Å². The van der Waals surface area contributed by atoms with Crippen LogP contribution >= 0.6 is 11.8 Å². The van der Waals surface area contributed by atoms with E-state index in [2.05, 4.69) is 10.2 Å². The topological polar surface area (TPSA) is 85.2 Å². The standard InChI is InChI=1S/C17H22N4O3S2/c1-12-6-4-5-7-15(12)21-13(2)18-19-17(21)25-10-16(22)20(3)14-8-9-26(23,24)11-14/h4-7,14H,8-11H2,1-3H3/t14-/m1/s1. The van der Waals surface area contributed by atoms with Crippen molar-refractivity contribution < 1.29 is 13.2 Å². The van der Waals surface area contributed by atoms with Gasteiger partial charge in [-0.3, -0.25) is 9.36 Å². The van der Waals surface area contributed by atoms with E-state index in [1.807, 2.05) is 42.7 Å². The number of thioether (sulfide) groups is 1. The molecule has 2 heterocycles. The number of rotatable bonds is 5. The first-order valence-electron chi connectivity index (χ1n) is 8.35. The molecule has 0 aliphatic carbocycles. The summed E-state index contributed by atoms with van der Waals surface area (Å²) in [6.45, 7) is 3.89. The summed E-state index contributed by atoms with van der Waals surface area (Å²) in [5.41, 5.74) is 2.08. The molecule has 0 N–H and O–H groups in total. The average molecular weight is 395 g/mol. The van der Waals surface area contributed by atoms with Gasteiger partial charge >= 0.3 is 0 Å². The fraction of sp³-hybridized carbons (Fsp3) is 0.471. The smallest absolute Gasteiger partial charge is 0.233 e. The fourth-order valence-electron chi connectivity index (χ4n) is 3.04. The Kier molecular flexibility index (Phi) is 5.38. The lowest BCUT2D eigenvalue weighted by molar-refractivity contribution is -0.128. The van der Waals surface area contributed by atoms with Crippen LogP contribution in [0, 0.1) is 13.8 Å². The first-order valence-corrected chi connectivity index (χ1v) is 11.2. The van der Waals surface area contributed by atoms with Crippen molar-refractivity contribution in [1.82, 2.24) is 19.7 Å². The summed E-state index contributed by atoms with van der Waals surface area (Å²) in [5, 5.41) is 8.99. The van der Waals surface area contributed by atoms with Gasteiger partial charge < -0.3 is 4.90 Å². The van der Waals surface area contributed by atoms with E-state index < -0.39 is 9.84 Å². The van der Waals surface area contributed by atoms with E-state index in [0.29, 0.717) is 11.6 Å². The van der Waals surface area contributed by atoms with Crippen molar-refractivity contribution in [3.8, 4) is 5.69 Å². The van der Waals surface area contributed by atoms with Gasteiger partial charge in [0.15, 0.2) is 15.0 Å². The van der Waals surface area contributed by atoms with Gasteiger partial charge in [-0.15, -0.1) is 10.2 Å². The molecular formula is C17H22N4O3S2. The van der Waals surface area contributed by atoms with Crippen LogP contribution in [0.15, 0.2) is 29.4 Å². The number of benzene rings is 1. The van der Waals surface area contributed by atoms with Crippen molar-refractivity contribution in [2.24, 2.45) is 0 Å². The van der Waals surface area contributed by atoms with Crippen molar-refractivity contribution in [3.05, 3.63) is 35.7 Å². The van der Waals surface area contributed by atoms with Gasteiger partial charge in [0.05, 0.1) is 22.9 Å². The van der Waals surface area contributed by atoms with Crippen LogP contribution in [0.4, 0.5) is 0 Å². The summed E-state index contributed by atoms with van der Waals surface area (Å²) in [7, 11) is -1.34.